The van der Waals surface area contributed by atoms with Gasteiger partial charge in [0.25, 0.3) is 0 Å². The molecule has 0 aliphatic carbocycles. The van der Waals surface area contributed by atoms with E-state index in [9.17, 15) is 44.3 Å². The summed E-state index contributed by atoms with van der Waals surface area (Å²) in [5, 5.41) is -2.65. The van der Waals surface area contributed by atoms with Gasteiger partial charge in [0.2, 0.25) is 5.83 Å². The molecule has 1 unspecified atom stereocenters. The van der Waals surface area contributed by atoms with Crippen molar-refractivity contribution in [3.63, 3.8) is 0 Å². The molecule has 1 fully saturated rings. The summed E-state index contributed by atoms with van der Waals surface area (Å²) in [6, 6.07) is 0. The lowest BCUT2D eigenvalue weighted by Crippen LogP contribution is -2.65. The molecular weight excluding hydrogens is 430 g/mol. The van der Waals surface area contributed by atoms with E-state index in [1.54, 1.807) is 0 Å². The molecule has 9 nitrogen and oxygen atoms in total. The Morgan fingerprint density at radius 2 is 1.64 bits per heavy atom. The van der Waals surface area contributed by atoms with Crippen molar-refractivity contribution in [2.75, 3.05) is 32.8 Å². The number of amides is 1. The number of alkyl halides is 5. The number of nitrogens with zero attached hydrogens (tertiary/aromatic N) is 1. The van der Waals surface area contributed by atoms with E-state index in [1.807, 2.05) is 0 Å². The average Bonchev–Trinajstić information content (AvgIpc) is 2.56. The number of carbonyl (C=O) groups excluding carboxylic acids is 2. The fourth-order valence-corrected chi connectivity index (χ4v) is 2.13. The van der Waals surface area contributed by atoms with Gasteiger partial charge in [-0.05, 0) is 0 Å². The fraction of sp³-hybridized carbons (Fsp3) is 0.667. The highest BCUT2D eigenvalue weighted by Gasteiger charge is 2.69. The maximum Gasteiger partial charge on any atom is 0.466 e. The van der Waals surface area contributed by atoms with Crippen LogP contribution in [0.2, 0.25) is 0 Å². The SMILES string of the molecule is C=C(F)C(=O)OC(OCC(F)(F)S(=O)(=O)O)(C(=O)N1CCNCC1)C(F)(F)F. The molecule has 0 bridgehead atoms. The first kappa shape index (κ1) is 24.1. The zero-order chi connectivity index (χ0) is 22.0. The van der Waals surface area contributed by atoms with Gasteiger partial charge >= 0.3 is 39.2 Å². The first-order valence-corrected chi connectivity index (χ1v) is 8.62. The Bertz CT molecular complexity index is 735. The number of carbonyl (C=O) groups is 2. The molecule has 0 aromatic heterocycles. The van der Waals surface area contributed by atoms with Crippen LogP contribution in [0.15, 0.2) is 12.4 Å². The standard InChI is InChI=1S/C12H14F6N2O7S/c1-7(13)8(21)27-11(12(16,17)18,9(22)20-4-2-19-3-5-20)26-6-10(14,15)28(23,24)25/h19H,1-6H2,(H,23,24,25). The summed E-state index contributed by atoms with van der Waals surface area (Å²) >= 11 is 0. The Morgan fingerprint density at radius 1 is 1.14 bits per heavy atom. The van der Waals surface area contributed by atoms with E-state index >= 15 is 0 Å². The molecule has 28 heavy (non-hydrogen) atoms. The average molecular weight is 444 g/mol. The quantitative estimate of drug-likeness (QED) is 0.188. The molecule has 1 amide bonds. The molecule has 1 heterocycles. The van der Waals surface area contributed by atoms with Crippen molar-refractivity contribution in [2.45, 2.75) is 17.2 Å². The molecule has 1 saturated heterocycles. The van der Waals surface area contributed by atoms with Crippen molar-refractivity contribution in [1.29, 1.82) is 0 Å². The van der Waals surface area contributed by atoms with Crippen LogP contribution in [0.3, 0.4) is 0 Å². The summed E-state index contributed by atoms with van der Waals surface area (Å²) in [6.07, 6.45) is -6.05. The third-order valence-electron chi connectivity index (χ3n) is 3.34. The largest absolute Gasteiger partial charge is 0.466 e. The van der Waals surface area contributed by atoms with Crippen molar-refractivity contribution < 1.29 is 58.4 Å². The third-order valence-corrected chi connectivity index (χ3v) is 4.21. The Labute approximate surface area is 154 Å². The molecule has 2 N–H and O–H groups in total. The van der Waals surface area contributed by atoms with E-state index < -0.39 is 64.7 Å². The molecular formula is C12H14F6N2O7S. The summed E-state index contributed by atoms with van der Waals surface area (Å²) in [5.74, 6) is -11.6. The van der Waals surface area contributed by atoms with E-state index in [0.29, 0.717) is 4.90 Å². The zero-order valence-electron chi connectivity index (χ0n) is 13.8. The van der Waals surface area contributed by atoms with Crippen LogP contribution in [-0.4, -0.2) is 79.8 Å². The molecule has 1 aliphatic heterocycles. The minimum absolute atomic E-state index is 0.0232. The number of piperazine rings is 1. The second kappa shape index (κ2) is 8.22. The minimum Gasteiger partial charge on any atom is -0.410 e. The number of rotatable bonds is 7. The van der Waals surface area contributed by atoms with Gasteiger partial charge in [-0.1, -0.05) is 6.58 Å². The number of halogens is 6. The van der Waals surface area contributed by atoms with Crippen LogP contribution >= 0.6 is 0 Å². The summed E-state index contributed by atoms with van der Waals surface area (Å²) < 4.78 is 117. The van der Waals surface area contributed by atoms with Crippen molar-refractivity contribution >= 4 is 22.0 Å². The lowest BCUT2D eigenvalue weighted by Gasteiger charge is -2.38. The topological polar surface area (TPSA) is 122 Å². The fourth-order valence-electron chi connectivity index (χ4n) is 1.92. The van der Waals surface area contributed by atoms with Gasteiger partial charge in [-0.15, -0.1) is 0 Å². The molecule has 0 radical (unpaired) electrons. The van der Waals surface area contributed by atoms with Gasteiger partial charge in [-0.25, -0.2) is 4.79 Å². The molecule has 16 heteroatoms. The van der Waals surface area contributed by atoms with Crippen molar-refractivity contribution in [3.05, 3.63) is 12.4 Å². The van der Waals surface area contributed by atoms with Gasteiger partial charge in [0, 0.05) is 26.2 Å². The number of esters is 1. The highest BCUT2D eigenvalue weighted by molar-refractivity contribution is 7.86. The predicted octanol–water partition coefficient (Wildman–Crippen LogP) is 0.200. The summed E-state index contributed by atoms with van der Waals surface area (Å²) in [6.45, 7) is -1.23. The van der Waals surface area contributed by atoms with Crippen molar-refractivity contribution in [3.8, 4) is 0 Å². The normalized spacial score (nSPS) is 18.3. The Hall–Kier alpha value is -1.91. The minimum atomic E-state index is -6.26. The highest BCUT2D eigenvalue weighted by atomic mass is 32.2. The van der Waals surface area contributed by atoms with E-state index in [0.717, 1.165) is 0 Å². The van der Waals surface area contributed by atoms with Crippen molar-refractivity contribution in [2.24, 2.45) is 0 Å². The molecule has 1 atom stereocenters. The van der Waals surface area contributed by atoms with Crippen LogP contribution < -0.4 is 5.32 Å². The third kappa shape index (κ3) is 5.12. The van der Waals surface area contributed by atoms with Gasteiger partial charge in [0.1, 0.15) is 6.61 Å². The highest BCUT2D eigenvalue weighted by Crippen LogP contribution is 2.39. The lowest BCUT2D eigenvalue weighted by atomic mass is 10.2. The van der Waals surface area contributed by atoms with E-state index in [2.05, 4.69) is 21.4 Å². The molecule has 0 aromatic rings. The van der Waals surface area contributed by atoms with E-state index in [4.69, 9.17) is 4.55 Å². The van der Waals surface area contributed by atoms with Crippen LogP contribution in [0.5, 0.6) is 0 Å². The smallest absolute Gasteiger partial charge is 0.410 e. The number of ether oxygens (including phenoxy) is 2. The summed E-state index contributed by atoms with van der Waals surface area (Å²) in [4.78, 5) is 24.1. The van der Waals surface area contributed by atoms with Gasteiger partial charge in [0.05, 0.1) is 0 Å². The summed E-state index contributed by atoms with van der Waals surface area (Å²) in [5.41, 5.74) is 0. The maximum absolute atomic E-state index is 13.6. The zero-order valence-corrected chi connectivity index (χ0v) is 14.6. The lowest BCUT2D eigenvalue weighted by molar-refractivity contribution is -0.356. The van der Waals surface area contributed by atoms with Crippen LogP contribution in [0, 0.1) is 0 Å². The van der Waals surface area contributed by atoms with Crippen LogP contribution in [0.25, 0.3) is 0 Å². The maximum atomic E-state index is 13.6. The van der Waals surface area contributed by atoms with Gasteiger partial charge in [0.15, 0.2) is 0 Å². The van der Waals surface area contributed by atoms with Crippen LogP contribution in [0.1, 0.15) is 0 Å². The molecule has 0 saturated carbocycles. The molecule has 0 spiro atoms. The Balaban J connectivity index is 3.41. The monoisotopic (exact) mass is 444 g/mol. The Morgan fingerprint density at radius 3 is 2.04 bits per heavy atom. The number of nitrogens with one attached hydrogen (secondary N) is 1. The van der Waals surface area contributed by atoms with Gasteiger partial charge < -0.3 is 19.7 Å². The second-order valence-corrected chi connectivity index (χ2v) is 6.90. The van der Waals surface area contributed by atoms with Crippen molar-refractivity contribution in [1.82, 2.24) is 10.2 Å². The first-order chi connectivity index (χ1) is 12.6. The second-order valence-electron chi connectivity index (χ2n) is 5.35. The Kier molecular flexibility index (Phi) is 7.08. The van der Waals surface area contributed by atoms with Gasteiger partial charge in [-0.2, -0.15) is 34.8 Å². The molecule has 1 rings (SSSR count). The van der Waals surface area contributed by atoms with Crippen LogP contribution in [-0.2, 0) is 29.2 Å². The predicted molar refractivity (Wildman–Crippen MR) is 77.0 cm³/mol. The number of hydrogen-bond donors (Lipinski definition) is 2. The van der Waals surface area contributed by atoms with Crippen LogP contribution in [0.4, 0.5) is 26.3 Å². The molecule has 1 aliphatic rings. The van der Waals surface area contributed by atoms with E-state index in [-0.39, 0.29) is 13.1 Å². The van der Waals surface area contributed by atoms with Gasteiger partial charge in [-0.3, -0.25) is 9.35 Å². The molecule has 162 valence electrons. The first-order valence-electron chi connectivity index (χ1n) is 7.18. The number of hydrogen-bond acceptors (Lipinski definition) is 7. The van der Waals surface area contributed by atoms with E-state index in [1.165, 1.54) is 0 Å². The summed E-state index contributed by atoms with van der Waals surface area (Å²) in [7, 11) is -6.26. The molecule has 0 aromatic carbocycles.